The van der Waals surface area contributed by atoms with Gasteiger partial charge in [0.2, 0.25) is 15.9 Å². The fourth-order valence-electron chi connectivity index (χ4n) is 2.45. The molecule has 20 heavy (non-hydrogen) atoms. The van der Waals surface area contributed by atoms with Gasteiger partial charge in [-0.1, -0.05) is 13.8 Å². The molecular formula is C13H26N2O4S. The third-order valence-electron chi connectivity index (χ3n) is 3.48. The van der Waals surface area contributed by atoms with Gasteiger partial charge < -0.3 is 10.4 Å². The molecule has 7 heteroatoms. The Morgan fingerprint density at radius 2 is 2.10 bits per heavy atom. The summed E-state index contributed by atoms with van der Waals surface area (Å²) in [6.07, 6.45) is 2.64. The van der Waals surface area contributed by atoms with Gasteiger partial charge >= 0.3 is 0 Å². The summed E-state index contributed by atoms with van der Waals surface area (Å²) in [6.45, 7) is 4.97. The second-order valence-electron chi connectivity index (χ2n) is 5.99. The molecule has 2 unspecified atom stereocenters. The molecule has 0 radical (unpaired) electrons. The Balaban J connectivity index is 2.43. The highest BCUT2D eigenvalue weighted by atomic mass is 32.2. The Kier molecular flexibility index (Phi) is 6.42. The smallest absolute Gasteiger partial charge is 0.224 e. The number of amides is 1. The van der Waals surface area contributed by atoms with E-state index >= 15 is 0 Å². The second kappa shape index (κ2) is 7.38. The molecule has 1 aliphatic rings. The van der Waals surface area contributed by atoms with E-state index in [9.17, 15) is 18.3 Å². The zero-order chi connectivity index (χ0) is 15.3. The largest absolute Gasteiger partial charge is 0.391 e. The molecule has 2 atom stereocenters. The maximum absolute atomic E-state index is 12.0. The fourth-order valence-corrected chi connectivity index (χ4v) is 3.36. The molecule has 1 fully saturated rings. The molecule has 0 spiro atoms. The number of hydrogen-bond acceptors (Lipinski definition) is 4. The standard InChI is InChI=1S/C13H26N2O4S/c1-10(2)7-12(16)8-14-13(17)11-5-4-6-15(9-11)20(3,18)19/h10-12,16H,4-9H2,1-3H3,(H,14,17). The summed E-state index contributed by atoms with van der Waals surface area (Å²) in [5.41, 5.74) is 0. The number of nitrogens with zero attached hydrogens (tertiary/aromatic N) is 1. The van der Waals surface area contributed by atoms with Crippen molar-refractivity contribution in [2.24, 2.45) is 11.8 Å². The van der Waals surface area contributed by atoms with E-state index in [0.29, 0.717) is 31.7 Å². The summed E-state index contributed by atoms with van der Waals surface area (Å²) in [5, 5.41) is 12.4. The van der Waals surface area contributed by atoms with Gasteiger partial charge in [0.1, 0.15) is 0 Å². The Bertz CT molecular complexity index is 422. The molecule has 1 amide bonds. The van der Waals surface area contributed by atoms with Gasteiger partial charge in [-0.25, -0.2) is 12.7 Å². The van der Waals surface area contributed by atoms with Crippen molar-refractivity contribution >= 4 is 15.9 Å². The summed E-state index contributed by atoms with van der Waals surface area (Å²) in [6, 6.07) is 0. The van der Waals surface area contributed by atoms with E-state index in [1.165, 1.54) is 10.6 Å². The molecule has 2 N–H and O–H groups in total. The van der Waals surface area contributed by atoms with Gasteiger partial charge in [-0.2, -0.15) is 0 Å². The van der Waals surface area contributed by atoms with Crippen molar-refractivity contribution in [3.8, 4) is 0 Å². The molecule has 0 aromatic carbocycles. The lowest BCUT2D eigenvalue weighted by Crippen LogP contribution is -2.46. The van der Waals surface area contributed by atoms with E-state index < -0.39 is 16.1 Å². The molecule has 1 saturated heterocycles. The van der Waals surface area contributed by atoms with Crippen LogP contribution in [0.1, 0.15) is 33.1 Å². The fraction of sp³-hybridized carbons (Fsp3) is 0.923. The minimum Gasteiger partial charge on any atom is -0.391 e. The van der Waals surface area contributed by atoms with E-state index in [1.54, 1.807) is 0 Å². The van der Waals surface area contributed by atoms with Crippen molar-refractivity contribution in [1.82, 2.24) is 9.62 Å². The molecule has 1 heterocycles. The molecule has 6 nitrogen and oxygen atoms in total. The van der Waals surface area contributed by atoms with Crippen molar-refractivity contribution in [2.75, 3.05) is 25.9 Å². The molecular weight excluding hydrogens is 280 g/mol. The van der Waals surface area contributed by atoms with E-state index in [4.69, 9.17) is 0 Å². The number of carbonyl (C=O) groups excluding carboxylic acids is 1. The van der Waals surface area contributed by atoms with Crippen molar-refractivity contribution in [2.45, 2.75) is 39.2 Å². The number of sulfonamides is 1. The zero-order valence-corrected chi connectivity index (χ0v) is 13.3. The highest BCUT2D eigenvalue weighted by molar-refractivity contribution is 7.88. The first kappa shape index (κ1) is 17.4. The van der Waals surface area contributed by atoms with Crippen LogP contribution in [0.25, 0.3) is 0 Å². The Hall–Kier alpha value is -0.660. The third-order valence-corrected chi connectivity index (χ3v) is 4.75. The van der Waals surface area contributed by atoms with E-state index in [0.717, 1.165) is 0 Å². The van der Waals surface area contributed by atoms with Crippen LogP contribution in [0.2, 0.25) is 0 Å². The lowest BCUT2D eigenvalue weighted by atomic mass is 9.98. The summed E-state index contributed by atoms with van der Waals surface area (Å²) in [7, 11) is -3.24. The van der Waals surface area contributed by atoms with E-state index in [2.05, 4.69) is 5.32 Å². The summed E-state index contributed by atoms with van der Waals surface area (Å²) in [4.78, 5) is 12.0. The van der Waals surface area contributed by atoms with Crippen LogP contribution < -0.4 is 5.32 Å². The van der Waals surface area contributed by atoms with E-state index in [1.807, 2.05) is 13.8 Å². The maximum Gasteiger partial charge on any atom is 0.224 e. The van der Waals surface area contributed by atoms with Crippen molar-refractivity contribution < 1.29 is 18.3 Å². The first-order chi connectivity index (χ1) is 9.20. The molecule has 0 aromatic heterocycles. The quantitative estimate of drug-likeness (QED) is 0.733. The monoisotopic (exact) mass is 306 g/mol. The van der Waals surface area contributed by atoms with Gasteiger partial charge in [-0.15, -0.1) is 0 Å². The number of piperidine rings is 1. The van der Waals surface area contributed by atoms with Crippen LogP contribution in [-0.4, -0.2) is 55.7 Å². The number of nitrogens with one attached hydrogen (secondary N) is 1. The van der Waals surface area contributed by atoms with Crippen molar-refractivity contribution in [3.63, 3.8) is 0 Å². The van der Waals surface area contributed by atoms with Gasteiger partial charge in [-0.05, 0) is 25.2 Å². The number of carbonyl (C=O) groups is 1. The highest BCUT2D eigenvalue weighted by Gasteiger charge is 2.30. The van der Waals surface area contributed by atoms with Crippen molar-refractivity contribution in [3.05, 3.63) is 0 Å². The topological polar surface area (TPSA) is 86.7 Å². The van der Waals surface area contributed by atoms with Crippen LogP contribution in [0.4, 0.5) is 0 Å². The average molecular weight is 306 g/mol. The van der Waals surface area contributed by atoms with Crippen LogP contribution >= 0.6 is 0 Å². The highest BCUT2D eigenvalue weighted by Crippen LogP contribution is 2.18. The lowest BCUT2D eigenvalue weighted by Gasteiger charge is -2.30. The number of hydrogen-bond donors (Lipinski definition) is 2. The first-order valence-corrected chi connectivity index (χ1v) is 8.96. The molecule has 0 aliphatic carbocycles. The minimum absolute atomic E-state index is 0.166. The van der Waals surface area contributed by atoms with E-state index in [-0.39, 0.29) is 24.9 Å². The Labute approximate surface area is 121 Å². The minimum atomic E-state index is -3.24. The van der Waals surface area contributed by atoms with Gasteiger partial charge in [0.05, 0.1) is 18.3 Å². The van der Waals surface area contributed by atoms with Gasteiger partial charge in [0.15, 0.2) is 0 Å². The first-order valence-electron chi connectivity index (χ1n) is 7.11. The van der Waals surface area contributed by atoms with Crippen LogP contribution in [0.3, 0.4) is 0 Å². The molecule has 0 bridgehead atoms. The lowest BCUT2D eigenvalue weighted by molar-refractivity contribution is -0.126. The summed E-state index contributed by atoms with van der Waals surface area (Å²) >= 11 is 0. The maximum atomic E-state index is 12.0. The molecule has 1 rings (SSSR count). The molecule has 0 aromatic rings. The molecule has 0 saturated carbocycles. The number of aliphatic hydroxyl groups is 1. The van der Waals surface area contributed by atoms with Gasteiger partial charge in [-0.3, -0.25) is 4.79 Å². The van der Waals surface area contributed by atoms with Crippen LogP contribution in [0, 0.1) is 11.8 Å². The van der Waals surface area contributed by atoms with Crippen LogP contribution in [0.15, 0.2) is 0 Å². The van der Waals surface area contributed by atoms with Gasteiger partial charge in [0.25, 0.3) is 0 Å². The normalized spacial score (nSPS) is 22.8. The third kappa shape index (κ3) is 5.76. The Morgan fingerprint density at radius 3 is 2.65 bits per heavy atom. The summed E-state index contributed by atoms with van der Waals surface area (Å²) < 4.78 is 24.3. The van der Waals surface area contributed by atoms with Gasteiger partial charge in [0, 0.05) is 19.6 Å². The summed E-state index contributed by atoms with van der Waals surface area (Å²) in [5.74, 6) is -0.108. The predicted octanol–water partition coefficient (Wildman–Crippen LogP) is 0.181. The van der Waals surface area contributed by atoms with Crippen LogP contribution in [0.5, 0.6) is 0 Å². The average Bonchev–Trinajstić information content (AvgIpc) is 2.34. The predicted molar refractivity (Wildman–Crippen MR) is 77.6 cm³/mol. The number of aliphatic hydroxyl groups excluding tert-OH is 1. The Morgan fingerprint density at radius 1 is 1.45 bits per heavy atom. The zero-order valence-electron chi connectivity index (χ0n) is 12.5. The molecule has 1 aliphatic heterocycles. The SMILES string of the molecule is CC(C)CC(O)CNC(=O)C1CCCN(S(C)(=O)=O)C1. The molecule has 118 valence electrons. The number of rotatable bonds is 6. The van der Waals surface area contributed by atoms with Crippen LogP contribution in [-0.2, 0) is 14.8 Å². The van der Waals surface area contributed by atoms with Crippen molar-refractivity contribution in [1.29, 1.82) is 0 Å². The second-order valence-corrected chi connectivity index (χ2v) is 7.97.